The number of allylic oxidation sites excluding steroid dienone is 1. The van der Waals surface area contributed by atoms with Gasteiger partial charge < -0.3 is 9.15 Å². The third-order valence-corrected chi connectivity index (χ3v) is 2.02. The van der Waals surface area contributed by atoms with Crippen LogP contribution in [0.4, 0.5) is 0 Å². The molecule has 4 nitrogen and oxygen atoms in total. The monoisotopic (exact) mass is 209 g/mol. The van der Waals surface area contributed by atoms with Gasteiger partial charge in [0, 0.05) is 0 Å². The van der Waals surface area contributed by atoms with Crippen molar-refractivity contribution < 1.29 is 13.9 Å². The van der Waals surface area contributed by atoms with Crippen LogP contribution in [0.25, 0.3) is 0 Å². The van der Waals surface area contributed by atoms with E-state index in [9.17, 15) is 4.79 Å². The van der Waals surface area contributed by atoms with Gasteiger partial charge in [0.15, 0.2) is 12.1 Å². The van der Waals surface area contributed by atoms with Crippen LogP contribution in [0.2, 0.25) is 0 Å². The van der Waals surface area contributed by atoms with E-state index in [-0.39, 0.29) is 11.8 Å². The lowest BCUT2D eigenvalue weighted by molar-refractivity contribution is 0.0318. The van der Waals surface area contributed by atoms with Crippen molar-refractivity contribution in [2.45, 2.75) is 32.8 Å². The Bertz CT molecular complexity index is 343. The number of oxazole rings is 1. The maximum absolute atomic E-state index is 11.5. The first kappa shape index (κ1) is 11.5. The molecule has 1 unspecified atom stereocenters. The summed E-state index contributed by atoms with van der Waals surface area (Å²) in [7, 11) is 0. The number of carbonyl (C=O) groups is 1. The number of hydrogen-bond acceptors (Lipinski definition) is 4. The fourth-order valence-corrected chi connectivity index (χ4v) is 1.15. The zero-order valence-electron chi connectivity index (χ0n) is 9.03. The molecule has 0 fully saturated rings. The summed E-state index contributed by atoms with van der Waals surface area (Å²) in [5.74, 6) is 0.0498. The van der Waals surface area contributed by atoms with E-state index in [1.54, 1.807) is 13.0 Å². The van der Waals surface area contributed by atoms with Crippen LogP contribution in [0.5, 0.6) is 0 Å². The Morgan fingerprint density at radius 3 is 3.07 bits per heavy atom. The van der Waals surface area contributed by atoms with Crippen molar-refractivity contribution in [3.05, 3.63) is 30.5 Å². The van der Waals surface area contributed by atoms with Crippen LogP contribution in [-0.2, 0) is 4.74 Å². The molecule has 0 aliphatic heterocycles. The second-order valence-electron chi connectivity index (χ2n) is 3.34. The summed E-state index contributed by atoms with van der Waals surface area (Å²) in [6, 6.07) is 0. The van der Waals surface area contributed by atoms with Crippen molar-refractivity contribution in [1.82, 2.24) is 4.98 Å². The number of hydrogen-bond donors (Lipinski definition) is 0. The molecule has 1 heterocycles. The summed E-state index contributed by atoms with van der Waals surface area (Å²) < 4.78 is 10.1. The molecule has 0 aliphatic rings. The van der Waals surface area contributed by atoms with Gasteiger partial charge in [0.05, 0.1) is 6.10 Å². The zero-order valence-corrected chi connectivity index (χ0v) is 9.03. The molecule has 82 valence electrons. The molecule has 1 rings (SSSR count). The average Bonchev–Trinajstić information content (AvgIpc) is 2.61. The predicted octanol–water partition coefficient (Wildman–Crippen LogP) is 2.49. The van der Waals surface area contributed by atoms with Crippen molar-refractivity contribution in [2.75, 3.05) is 0 Å². The molecule has 0 aliphatic carbocycles. The topological polar surface area (TPSA) is 52.3 Å². The van der Waals surface area contributed by atoms with Crippen LogP contribution in [0.15, 0.2) is 23.5 Å². The van der Waals surface area contributed by atoms with Gasteiger partial charge in [0.2, 0.25) is 0 Å². The fourth-order valence-electron chi connectivity index (χ4n) is 1.15. The molecule has 0 aromatic carbocycles. The SMILES string of the molecule is C=CCCC(C)OC(=O)c1ncoc1C. The molecule has 0 N–H and O–H groups in total. The Morgan fingerprint density at radius 2 is 2.53 bits per heavy atom. The largest absolute Gasteiger partial charge is 0.458 e. The lowest BCUT2D eigenvalue weighted by Gasteiger charge is -2.10. The number of ether oxygens (including phenoxy) is 1. The van der Waals surface area contributed by atoms with Crippen molar-refractivity contribution in [2.24, 2.45) is 0 Å². The maximum Gasteiger partial charge on any atom is 0.360 e. The van der Waals surface area contributed by atoms with Crippen LogP contribution in [0, 0.1) is 6.92 Å². The molecule has 0 amide bonds. The highest BCUT2D eigenvalue weighted by atomic mass is 16.5. The summed E-state index contributed by atoms with van der Waals surface area (Å²) in [5, 5.41) is 0. The smallest absolute Gasteiger partial charge is 0.360 e. The van der Waals surface area contributed by atoms with Crippen LogP contribution >= 0.6 is 0 Å². The molecule has 0 saturated carbocycles. The van der Waals surface area contributed by atoms with E-state index < -0.39 is 5.97 Å². The minimum Gasteiger partial charge on any atom is -0.458 e. The Balaban J connectivity index is 2.49. The molecule has 15 heavy (non-hydrogen) atoms. The molecule has 0 bridgehead atoms. The second-order valence-corrected chi connectivity index (χ2v) is 3.34. The van der Waals surface area contributed by atoms with Crippen molar-refractivity contribution in [3.63, 3.8) is 0 Å². The zero-order chi connectivity index (χ0) is 11.3. The highest BCUT2D eigenvalue weighted by Gasteiger charge is 2.17. The number of esters is 1. The second kappa shape index (κ2) is 5.34. The Kier molecular flexibility index (Phi) is 4.09. The Morgan fingerprint density at radius 1 is 1.80 bits per heavy atom. The molecule has 0 spiro atoms. The predicted molar refractivity (Wildman–Crippen MR) is 55.5 cm³/mol. The number of aromatic nitrogens is 1. The van der Waals surface area contributed by atoms with Gasteiger partial charge in [-0.25, -0.2) is 9.78 Å². The molecular formula is C11H15NO3. The Labute approximate surface area is 89.0 Å². The van der Waals surface area contributed by atoms with E-state index in [1.807, 2.05) is 6.92 Å². The minimum absolute atomic E-state index is 0.133. The first-order valence-corrected chi connectivity index (χ1v) is 4.87. The van der Waals surface area contributed by atoms with E-state index in [1.165, 1.54) is 6.39 Å². The highest BCUT2D eigenvalue weighted by molar-refractivity contribution is 5.88. The number of nitrogens with zero attached hydrogens (tertiary/aromatic N) is 1. The highest BCUT2D eigenvalue weighted by Crippen LogP contribution is 2.10. The molecule has 4 heteroatoms. The minimum atomic E-state index is -0.433. The van der Waals surface area contributed by atoms with Crippen molar-refractivity contribution in [1.29, 1.82) is 0 Å². The van der Waals surface area contributed by atoms with Gasteiger partial charge in [-0.15, -0.1) is 6.58 Å². The molecule has 1 atom stereocenters. The van der Waals surface area contributed by atoms with Gasteiger partial charge in [0.25, 0.3) is 0 Å². The molecule has 1 aromatic rings. The number of aryl methyl sites for hydroxylation is 1. The van der Waals surface area contributed by atoms with Gasteiger partial charge in [-0.3, -0.25) is 0 Å². The summed E-state index contributed by atoms with van der Waals surface area (Å²) in [4.78, 5) is 15.3. The average molecular weight is 209 g/mol. The van der Waals surface area contributed by atoms with Crippen LogP contribution in [0.3, 0.4) is 0 Å². The fraction of sp³-hybridized carbons (Fsp3) is 0.455. The summed E-state index contributed by atoms with van der Waals surface area (Å²) in [6.07, 6.45) is 4.50. The third kappa shape index (κ3) is 3.23. The lowest BCUT2D eigenvalue weighted by Crippen LogP contribution is -2.15. The lowest BCUT2D eigenvalue weighted by atomic mass is 10.2. The van der Waals surface area contributed by atoms with Crippen LogP contribution in [-0.4, -0.2) is 17.1 Å². The number of rotatable bonds is 5. The molecule has 0 saturated heterocycles. The molecule has 0 radical (unpaired) electrons. The van der Waals surface area contributed by atoms with Crippen molar-refractivity contribution in [3.8, 4) is 0 Å². The van der Waals surface area contributed by atoms with Gasteiger partial charge >= 0.3 is 5.97 Å². The van der Waals surface area contributed by atoms with E-state index in [0.717, 1.165) is 12.8 Å². The van der Waals surface area contributed by atoms with Gasteiger partial charge in [0.1, 0.15) is 5.76 Å². The maximum atomic E-state index is 11.5. The first-order valence-electron chi connectivity index (χ1n) is 4.87. The van der Waals surface area contributed by atoms with E-state index in [4.69, 9.17) is 9.15 Å². The van der Waals surface area contributed by atoms with E-state index in [0.29, 0.717) is 5.76 Å². The normalized spacial score (nSPS) is 12.1. The Hall–Kier alpha value is -1.58. The number of carbonyl (C=O) groups excluding carboxylic acids is 1. The van der Waals surface area contributed by atoms with Crippen LogP contribution < -0.4 is 0 Å². The third-order valence-electron chi connectivity index (χ3n) is 2.02. The van der Waals surface area contributed by atoms with Crippen molar-refractivity contribution >= 4 is 5.97 Å². The quantitative estimate of drug-likeness (QED) is 0.552. The van der Waals surface area contributed by atoms with E-state index >= 15 is 0 Å². The molecular weight excluding hydrogens is 194 g/mol. The summed E-state index contributed by atoms with van der Waals surface area (Å²) in [5.41, 5.74) is 0.250. The first-order chi connectivity index (χ1) is 7.15. The molecule has 1 aromatic heterocycles. The van der Waals surface area contributed by atoms with Gasteiger partial charge in [-0.05, 0) is 26.7 Å². The van der Waals surface area contributed by atoms with Gasteiger partial charge in [-0.2, -0.15) is 0 Å². The van der Waals surface area contributed by atoms with E-state index in [2.05, 4.69) is 11.6 Å². The van der Waals surface area contributed by atoms with Crippen LogP contribution in [0.1, 0.15) is 36.0 Å². The standard InChI is InChI=1S/C11H15NO3/c1-4-5-6-8(2)15-11(13)10-9(3)14-7-12-10/h4,7-8H,1,5-6H2,2-3H3. The summed E-state index contributed by atoms with van der Waals surface area (Å²) >= 11 is 0. The van der Waals surface area contributed by atoms with Gasteiger partial charge in [-0.1, -0.05) is 6.08 Å². The summed E-state index contributed by atoms with van der Waals surface area (Å²) in [6.45, 7) is 7.13.